The van der Waals surface area contributed by atoms with Gasteiger partial charge in [-0.05, 0) is 26.3 Å². The lowest BCUT2D eigenvalue weighted by Crippen LogP contribution is -2.38. The molecule has 0 saturated heterocycles. The zero-order valence-corrected chi connectivity index (χ0v) is 11.0. The number of esters is 1. The van der Waals surface area contributed by atoms with Crippen molar-refractivity contribution in [2.45, 2.75) is 45.7 Å². The number of furan rings is 1. The molecular weight excluding hydrogens is 218 g/mol. The van der Waals surface area contributed by atoms with Crippen molar-refractivity contribution >= 4 is 5.97 Å². The molecule has 1 rings (SSSR count). The van der Waals surface area contributed by atoms with E-state index in [2.05, 4.69) is 30.8 Å². The van der Waals surface area contributed by atoms with Crippen LogP contribution in [0.2, 0.25) is 0 Å². The van der Waals surface area contributed by atoms with Crippen LogP contribution >= 0.6 is 0 Å². The summed E-state index contributed by atoms with van der Waals surface area (Å²) in [7, 11) is 1.35. The second-order valence-electron chi connectivity index (χ2n) is 4.75. The molecule has 0 radical (unpaired) electrons. The van der Waals surface area contributed by atoms with E-state index in [1.165, 1.54) is 13.4 Å². The molecule has 1 heterocycles. The van der Waals surface area contributed by atoms with Crippen LogP contribution in [-0.2, 0) is 11.3 Å². The molecule has 0 unspecified atom stereocenters. The molecule has 0 aliphatic rings. The van der Waals surface area contributed by atoms with Crippen LogP contribution in [0.5, 0.6) is 0 Å². The van der Waals surface area contributed by atoms with Crippen LogP contribution in [0.4, 0.5) is 0 Å². The second kappa shape index (κ2) is 5.87. The highest BCUT2D eigenvalue weighted by Crippen LogP contribution is 2.15. The monoisotopic (exact) mass is 239 g/mol. The van der Waals surface area contributed by atoms with Gasteiger partial charge in [0.05, 0.1) is 13.4 Å². The first-order valence-electron chi connectivity index (χ1n) is 5.90. The summed E-state index contributed by atoms with van der Waals surface area (Å²) in [5.41, 5.74) is 0.889. The van der Waals surface area contributed by atoms with Crippen LogP contribution in [0.1, 0.15) is 49.7 Å². The van der Waals surface area contributed by atoms with Crippen LogP contribution in [0, 0.1) is 0 Å². The van der Waals surface area contributed by atoms with Gasteiger partial charge in [0, 0.05) is 17.6 Å². The summed E-state index contributed by atoms with van der Waals surface area (Å²) in [6, 6.07) is 1.79. The van der Waals surface area contributed by atoms with Crippen molar-refractivity contribution in [2.75, 3.05) is 7.11 Å². The van der Waals surface area contributed by atoms with Crippen molar-refractivity contribution in [3.05, 3.63) is 23.7 Å². The smallest absolute Gasteiger partial charge is 0.374 e. The van der Waals surface area contributed by atoms with Crippen LogP contribution in [0.3, 0.4) is 0 Å². The molecular formula is C13H21NO3. The molecule has 0 amide bonds. The lowest BCUT2D eigenvalue weighted by Gasteiger charge is -2.25. The van der Waals surface area contributed by atoms with Crippen LogP contribution < -0.4 is 5.32 Å². The van der Waals surface area contributed by atoms with Crippen molar-refractivity contribution < 1.29 is 13.9 Å². The summed E-state index contributed by atoms with van der Waals surface area (Å²) in [5.74, 6) is -0.146. The molecule has 0 aliphatic heterocycles. The molecule has 0 aromatic carbocycles. The maximum atomic E-state index is 11.4. The van der Waals surface area contributed by atoms with Crippen molar-refractivity contribution in [1.29, 1.82) is 0 Å². The van der Waals surface area contributed by atoms with Gasteiger partial charge in [0.1, 0.15) is 0 Å². The van der Waals surface area contributed by atoms with E-state index in [9.17, 15) is 4.79 Å². The Balaban J connectivity index is 2.64. The molecule has 0 spiro atoms. The standard InChI is InChI=1S/C13H21NO3/c1-5-7-13(2,3)14-9-10-6-8-17-11(10)12(15)16-4/h6,8,14H,5,7,9H2,1-4H3. The molecule has 1 aromatic heterocycles. The molecule has 4 heteroatoms. The molecule has 0 bridgehead atoms. The summed E-state index contributed by atoms with van der Waals surface area (Å²) < 4.78 is 9.78. The largest absolute Gasteiger partial charge is 0.463 e. The number of carbonyl (C=O) groups excluding carboxylic acids is 1. The Kier molecular flexibility index (Phi) is 4.75. The van der Waals surface area contributed by atoms with Gasteiger partial charge in [-0.1, -0.05) is 13.3 Å². The molecule has 0 saturated carbocycles. The lowest BCUT2D eigenvalue weighted by atomic mass is 9.98. The first kappa shape index (κ1) is 13.8. The summed E-state index contributed by atoms with van der Waals surface area (Å²) in [6.45, 7) is 7.05. The molecule has 4 nitrogen and oxygen atoms in total. The highest BCUT2D eigenvalue weighted by atomic mass is 16.5. The minimum absolute atomic E-state index is 0.0550. The summed E-state index contributed by atoms with van der Waals surface area (Å²) in [6.07, 6.45) is 3.71. The first-order chi connectivity index (χ1) is 8.00. The number of nitrogens with one attached hydrogen (secondary N) is 1. The fourth-order valence-electron chi connectivity index (χ4n) is 1.79. The van der Waals surface area contributed by atoms with Gasteiger partial charge in [0.15, 0.2) is 0 Å². The third kappa shape index (κ3) is 3.89. The number of rotatable bonds is 6. The number of hydrogen-bond donors (Lipinski definition) is 1. The minimum atomic E-state index is -0.430. The highest BCUT2D eigenvalue weighted by molar-refractivity contribution is 5.87. The fourth-order valence-corrected chi connectivity index (χ4v) is 1.79. The SMILES string of the molecule is CCCC(C)(C)NCc1ccoc1C(=O)OC. The number of carbonyl (C=O) groups is 1. The van der Waals surface area contributed by atoms with Gasteiger partial charge in [0.25, 0.3) is 0 Å². The van der Waals surface area contributed by atoms with Crippen molar-refractivity contribution in [3.8, 4) is 0 Å². The molecule has 1 N–H and O–H groups in total. The average Bonchev–Trinajstić information content (AvgIpc) is 2.73. The maximum absolute atomic E-state index is 11.4. The van der Waals surface area contributed by atoms with E-state index in [0.29, 0.717) is 6.54 Å². The Morgan fingerprint density at radius 2 is 2.24 bits per heavy atom. The Labute approximate surface area is 102 Å². The Bertz CT molecular complexity index is 368. The second-order valence-corrected chi connectivity index (χ2v) is 4.75. The van der Waals surface area contributed by atoms with Gasteiger partial charge in [-0.2, -0.15) is 0 Å². The normalized spacial score (nSPS) is 11.5. The zero-order valence-electron chi connectivity index (χ0n) is 11.0. The number of methoxy groups -OCH3 is 1. The van der Waals surface area contributed by atoms with Gasteiger partial charge in [0.2, 0.25) is 5.76 Å². The Hall–Kier alpha value is -1.29. The highest BCUT2D eigenvalue weighted by Gasteiger charge is 2.19. The molecule has 0 aliphatic carbocycles. The molecule has 0 fully saturated rings. The summed E-state index contributed by atoms with van der Waals surface area (Å²) >= 11 is 0. The predicted octanol–water partition coefficient (Wildman–Crippen LogP) is 2.73. The predicted molar refractivity (Wildman–Crippen MR) is 65.9 cm³/mol. The number of hydrogen-bond acceptors (Lipinski definition) is 4. The quantitative estimate of drug-likeness (QED) is 0.775. The van der Waals surface area contributed by atoms with E-state index in [1.54, 1.807) is 6.07 Å². The van der Waals surface area contributed by atoms with Crippen LogP contribution in [0.15, 0.2) is 16.7 Å². The number of ether oxygens (including phenoxy) is 1. The molecule has 0 atom stereocenters. The van der Waals surface area contributed by atoms with E-state index < -0.39 is 5.97 Å². The van der Waals surface area contributed by atoms with Gasteiger partial charge < -0.3 is 14.5 Å². The van der Waals surface area contributed by atoms with E-state index in [0.717, 1.165) is 18.4 Å². The topological polar surface area (TPSA) is 51.5 Å². The van der Waals surface area contributed by atoms with E-state index in [-0.39, 0.29) is 11.3 Å². The van der Waals surface area contributed by atoms with E-state index in [1.807, 2.05) is 0 Å². The van der Waals surface area contributed by atoms with Crippen LogP contribution in [0.25, 0.3) is 0 Å². The van der Waals surface area contributed by atoms with Gasteiger partial charge in [-0.25, -0.2) is 4.79 Å². The van der Waals surface area contributed by atoms with E-state index >= 15 is 0 Å². The van der Waals surface area contributed by atoms with Crippen LogP contribution in [-0.4, -0.2) is 18.6 Å². The van der Waals surface area contributed by atoms with E-state index in [4.69, 9.17) is 4.42 Å². The van der Waals surface area contributed by atoms with Gasteiger partial charge in [-0.15, -0.1) is 0 Å². The first-order valence-corrected chi connectivity index (χ1v) is 5.90. The third-order valence-electron chi connectivity index (χ3n) is 2.75. The zero-order chi connectivity index (χ0) is 12.9. The van der Waals surface area contributed by atoms with Crippen molar-refractivity contribution in [2.24, 2.45) is 0 Å². The third-order valence-corrected chi connectivity index (χ3v) is 2.75. The minimum Gasteiger partial charge on any atom is -0.463 e. The van der Waals surface area contributed by atoms with Gasteiger partial charge >= 0.3 is 5.97 Å². The Morgan fingerprint density at radius 3 is 2.82 bits per heavy atom. The maximum Gasteiger partial charge on any atom is 0.374 e. The van der Waals surface area contributed by atoms with Gasteiger partial charge in [-0.3, -0.25) is 0 Å². The van der Waals surface area contributed by atoms with Crippen molar-refractivity contribution in [1.82, 2.24) is 5.32 Å². The fraction of sp³-hybridized carbons (Fsp3) is 0.615. The summed E-state index contributed by atoms with van der Waals surface area (Å²) in [5, 5.41) is 3.41. The lowest BCUT2D eigenvalue weighted by molar-refractivity contribution is 0.0563. The molecule has 96 valence electrons. The summed E-state index contributed by atoms with van der Waals surface area (Å²) in [4.78, 5) is 11.4. The van der Waals surface area contributed by atoms with Crippen molar-refractivity contribution in [3.63, 3.8) is 0 Å². The molecule has 1 aromatic rings. The Morgan fingerprint density at radius 1 is 1.53 bits per heavy atom. The molecule has 17 heavy (non-hydrogen) atoms. The average molecular weight is 239 g/mol.